The van der Waals surface area contributed by atoms with Crippen LogP contribution in [0.2, 0.25) is 0 Å². The van der Waals surface area contributed by atoms with E-state index in [4.69, 9.17) is 18.9 Å². The number of guanidine groups is 1. The average Bonchev–Trinajstić information content (AvgIpc) is 3.19. The van der Waals surface area contributed by atoms with E-state index >= 15 is 0 Å². The summed E-state index contributed by atoms with van der Waals surface area (Å²) in [4.78, 5) is 4.60. The fraction of sp³-hybridized carbons (Fsp3) is 0.650. The number of hydrogen-bond donors (Lipinski definition) is 2. The maximum Gasteiger partial charge on any atom is 0.191 e. The lowest BCUT2D eigenvalue weighted by Gasteiger charge is -2.16. The summed E-state index contributed by atoms with van der Waals surface area (Å²) >= 11 is 0. The SMILES string of the molecule is CCNC(=NCC(C)Oc1cccc(OC)c1)NCCCOC1CCOC1.I. The lowest BCUT2D eigenvalue weighted by atomic mass is 10.3. The van der Waals surface area contributed by atoms with Crippen LogP contribution in [0.15, 0.2) is 29.3 Å². The van der Waals surface area contributed by atoms with Crippen LogP contribution in [0.5, 0.6) is 11.5 Å². The van der Waals surface area contributed by atoms with Crippen LogP contribution >= 0.6 is 24.0 Å². The van der Waals surface area contributed by atoms with E-state index in [2.05, 4.69) is 22.5 Å². The standard InChI is InChI=1S/C20H33N3O4.HI/c1-4-21-20(22-10-6-11-26-19-9-12-25-15-19)23-14-16(2)27-18-8-5-7-17(13-18)24-3;/h5,7-8,13,16,19H,4,6,9-12,14-15H2,1-3H3,(H2,21,22,23);1H. The van der Waals surface area contributed by atoms with Gasteiger partial charge in [-0.15, -0.1) is 24.0 Å². The van der Waals surface area contributed by atoms with Gasteiger partial charge in [0.1, 0.15) is 17.6 Å². The first kappa shape index (κ1) is 24.8. The monoisotopic (exact) mass is 507 g/mol. The molecule has 0 bridgehead atoms. The number of aliphatic imine (C=N–C) groups is 1. The van der Waals surface area contributed by atoms with Gasteiger partial charge in [-0.1, -0.05) is 6.07 Å². The second-order valence-corrected chi connectivity index (χ2v) is 6.46. The van der Waals surface area contributed by atoms with Crippen LogP contribution in [0.3, 0.4) is 0 Å². The number of halogens is 1. The van der Waals surface area contributed by atoms with Crippen molar-refractivity contribution >= 4 is 29.9 Å². The Balaban J connectivity index is 0.00000392. The largest absolute Gasteiger partial charge is 0.497 e. The predicted molar refractivity (Wildman–Crippen MR) is 122 cm³/mol. The summed E-state index contributed by atoms with van der Waals surface area (Å²) in [7, 11) is 1.65. The van der Waals surface area contributed by atoms with E-state index in [1.807, 2.05) is 31.2 Å². The number of methoxy groups -OCH3 is 1. The molecule has 160 valence electrons. The van der Waals surface area contributed by atoms with Gasteiger partial charge >= 0.3 is 0 Å². The Morgan fingerprint density at radius 2 is 2.14 bits per heavy atom. The summed E-state index contributed by atoms with van der Waals surface area (Å²) in [6, 6.07) is 7.60. The highest BCUT2D eigenvalue weighted by atomic mass is 127. The van der Waals surface area contributed by atoms with Crippen LogP contribution in [0.1, 0.15) is 26.7 Å². The molecule has 0 amide bonds. The van der Waals surface area contributed by atoms with Gasteiger partial charge in [0.2, 0.25) is 0 Å². The molecule has 1 aliphatic heterocycles. The van der Waals surface area contributed by atoms with Gasteiger partial charge in [-0.25, -0.2) is 4.99 Å². The van der Waals surface area contributed by atoms with Gasteiger partial charge in [0.05, 0.1) is 26.4 Å². The van der Waals surface area contributed by atoms with Gasteiger partial charge in [0, 0.05) is 32.4 Å². The third-order valence-electron chi connectivity index (χ3n) is 4.08. The summed E-state index contributed by atoms with van der Waals surface area (Å²) in [6.45, 7) is 8.51. The molecular formula is C20H34IN3O4. The summed E-state index contributed by atoms with van der Waals surface area (Å²) in [6.07, 6.45) is 2.15. The van der Waals surface area contributed by atoms with Gasteiger partial charge in [0.15, 0.2) is 5.96 Å². The van der Waals surface area contributed by atoms with Crippen molar-refractivity contribution in [1.82, 2.24) is 10.6 Å². The molecule has 0 spiro atoms. The summed E-state index contributed by atoms with van der Waals surface area (Å²) in [5.74, 6) is 2.36. The molecule has 0 aliphatic carbocycles. The Morgan fingerprint density at radius 1 is 1.32 bits per heavy atom. The van der Waals surface area contributed by atoms with Crippen LogP contribution in [0.25, 0.3) is 0 Å². The highest BCUT2D eigenvalue weighted by Gasteiger charge is 2.15. The molecule has 8 heteroatoms. The minimum atomic E-state index is -0.0433. The number of rotatable bonds is 11. The van der Waals surface area contributed by atoms with E-state index in [9.17, 15) is 0 Å². The molecular weight excluding hydrogens is 473 g/mol. The first-order valence-corrected chi connectivity index (χ1v) is 9.73. The van der Waals surface area contributed by atoms with Crippen molar-refractivity contribution in [2.45, 2.75) is 38.9 Å². The van der Waals surface area contributed by atoms with Crippen molar-refractivity contribution in [3.8, 4) is 11.5 Å². The molecule has 1 fully saturated rings. The normalized spacial score (nSPS) is 17.5. The molecule has 7 nitrogen and oxygen atoms in total. The predicted octanol–water partition coefficient (Wildman–Crippen LogP) is 2.83. The van der Waals surface area contributed by atoms with E-state index in [-0.39, 0.29) is 36.2 Å². The van der Waals surface area contributed by atoms with E-state index in [1.165, 1.54) is 0 Å². The second-order valence-electron chi connectivity index (χ2n) is 6.46. The lowest BCUT2D eigenvalue weighted by molar-refractivity contribution is 0.0420. The van der Waals surface area contributed by atoms with Crippen molar-refractivity contribution < 1.29 is 18.9 Å². The quantitative estimate of drug-likeness (QED) is 0.208. The molecule has 2 rings (SSSR count). The van der Waals surface area contributed by atoms with E-state index < -0.39 is 0 Å². The molecule has 1 saturated heterocycles. The molecule has 28 heavy (non-hydrogen) atoms. The average molecular weight is 507 g/mol. The Bertz CT molecular complexity index is 568. The topological polar surface area (TPSA) is 73.3 Å². The number of nitrogens with zero attached hydrogens (tertiary/aromatic N) is 1. The molecule has 1 aromatic rings. The highest BCUT2D eigenvalue weighted by molar-refractivity contribution is 14.0. The number of nitrogens with one attached hydrogen (secondary N) is 2. The highest BCUT2D eigenvalue weighted by Crippen LogP contribution is 2.19. The maximum atomic E-state index is 5.91. The minimum absolute atomic E-state index is 0. The van der Waals surface area contributed by atoms with Crippen molar-refractivity contribution in [3.05, 3.63) is 24.3 Å². The Labute approximate surface area is 185 Å². The zero-order chi connectivity index (χ0) is 19.3. The lowest BCUT2D eigenvalue weighted by Crippen LogP contribution is -2.39. The molecule has 1 aliphatic rings. The Hall–Kier alpha value is -1.26. The third kappa shape index (κ3) is 9.79. The zero-order valence-corrected chi connectivity index (χ0v) is 19.4. The van der Waals surface area contributed by atoms with Crippen molar-refractivity contribution in [1.29, 1.82) is 0 Å². The van der Waals surface area contributed by atoms with Gasteiger partial charge in [-0.3, -0.25) is 0 Å². The summed E-state index contributed by atoms with van der Waals surface area (Å²) in [5, 5.41) is 6.59. The number of hydrogen-bond acceptors (Lipinski definition) is 5. The zero-order valence-electron chi connectivity index (χ0n) is 17.1. The number of benzene rings is 1. The minimum Gasteiger partial charge on any atom is -0.497 e. The second kappa shape index (κ2) is 14.7. The smallest absolute Gasteiger partial charge is 0.191 e. The Morgan fingerprint density at radius 3 is 2.86 bits per heavy atom. The molecule has 2 unspecified atom stereocenters. The molecule has 0 radical (unpaired) electrons. The molecule has 0 aromatic heterocycles. The fourth-order valence-electron chi connectivity index (χ4n) is 2.68. The van der Waals surface area contributed by atoms with E-state index in [0.717, 1.165) is 63.2 Å². The molecule has 2 N–H and O–H groups in total. The fourth-order valence-corrected chi connectivity index (χ4v) is 2.68. The van der Waals surface area contributed by atoms with Crippen LogP contribution in [-0.4, -0.2) is 64.7 Å². The number of ether oxygens (including phenoxy) is 4. The van der Waals surface area contributed by atoms with Crippen LogP contribution in [0.4, 0.5) is 0 Å². The van der Waals surface area contributed by atoms with Crippen LogP contribution < -0.4 is 20.1 Å². The first-order valence-electron chi connectivity index (χ1n) is 9.73. The van der Waals surface area contributed by atoms with Gasteiger partial charge in [-0.2, -0.15) is 0 Å². The third-order valence-corrected chi connectivity index (χ3v) is 4.08. The Kier molecular flexibility index (Phi) is 13.0. The van der Waals surface area contributed by atoms with Crippen molar-refractivity contribution in [2.24, 2.45) is 4.99 Å². The van der Waals surface area contributed by atoms with Crippen molar-refractivity contribution in [2.75, 3.05) is 46.6 Å². The van der Waals surface area contributed by atoms with E-state index in [1.54, 1.807) is 7.11 Å². The first-order chi connectivity index (χ1) is 13.2. The summed E-state index contributed by atoms with van der Waals surface area (Å²) in [5.41, 5.74) is 0. The molecule has 1 aromatic carbocycles. The van der Waals surface area contributed by atoms with Crippen molar-refractivity contribution in [3.63, 3.8) is 0 Å². The van der Waals surface area contributed by atoms with Crippen LogP contribution in [-0.2, 0) is 9.47 Å². The van der Waals surface area contributed by atoms with Gasteiger partial charge in [-0.05, 0) is 38.8 Å². The molecule has 0 saturated carbocycles. The van der Waals surface area contributed by atoms with Gasteiger partial charge in [0.25, 0.3) is 0 Å². The van der Waals surface area contributed by atoms with Crippen LogP contribution in [0, 0.1) is 0 Å². The molecule has 1 heterocycles. The maximum absolute atomic E-state index is 5.91. The summed E-state index contributed by atoms with van der Waals surface area (Å²) < 4.78 is 22.2. The van der Waals surface area contributed by atoms with Gasteiger partial charge < -0.3 is 29.6 Å². The molecule has 2 atom stereocenters. The van der Waals surface area contributed by atoms with E-state index in [0.29, 0.717) is 6.54 Å².